The summed E-state index contributed by atoms with van der Waals surface area (Å²) >= 11 is 0. The number of carbonyl (C=O) groups excluding carboxylic acids is 1. The third-order valence-electron chi connectivity index (χ3n) is 1.90. The van der Waals surface area contributed by atoms with E-state index in [0.717, 1.165) is 11.3 Å². The van der Waals surface area contributed by atoms with Gasteiger partial charge in [0.15, 0.2) is 0 Å². The summed E-state index contributed by atoms with van der Waals surface area (Å²) in [5.41, 5.74) is 7.79. The van der Waals surface area contributed by atoms with Gasteiger partial charge >= 0.3 is 0 Å². The molecule has 1 aromatic carbocycles. The molecule has 0 radical (unpaired) electrons. The van der Waals surface area contributed by atoms with Gasteiger partial charge in [-0.05, 0) is 24.6 Å². The Labute approximate surface area is 78.2 Å². The number of rotatable bonds is 2. The first kappa shape index (κ1) is 9.58. The van der Waals surface area contributed by atoms with Crippen LogP contribution in [0, 0.1) is 6.92 Å². The highest BCUT2D eigenvalue weighted by atomic mass is 16.1. The molecule has 1 amide bonds. The van der Waals surface area contributed by atoms with Crippen LogP contribution in [0.2, 0.25) is 0 Å². The van der Waals surface area contributed by atoms with Crippen molar-refractivity contribution in [2.45, 2.75) is 6.92 Å². The fourth-order valence-electron chi connectivity index (χ4n) is 1.22. The summed E-state index contributed by atoms with van der Waals surface area (Å²) in [5.74, 6) is -0.385. The molecular formula is C10H14N2O. The first-order valence-electron chi connectivity index (χ1n) is 4.10. The van der Waals surface area contributed by atoms with Gasteiger partial charge in [-0.15, -0.1) is 0 Å². The van der Waals surface area contributed by atoms with Crippen molar-refractivity contribution in [2.75, 3.05) is 19.0 Å². The lowest BCUT2D eigenvalue weighted by Crippen LogP contribution is -2.18. The Morgan fingerprint density at radius 3 is 2.46 bits per heavy atom. The number of hydrogen-bond acceptors (Lipinski definition) is 2. The molecule has 3 heteroatoms. The molecule has 0 bridgehead atoms. The molecule has 13 heavy (non-hydrogen) atoms. The maximum Gasteiger partial charge on any atom is 0.250 e. The second-order valence-electron chi connectivity index (χ2n) is 3.28. The van der Waals surface area contributed by atoms with Crippen LogP contribution in [0.1, 0.15) is 15.9 Å². The summed E-state index contributed by atoms with van der Waals surface area (Å²) in [6.45, 7) is 1.98. The highest BCUT2D eigenvalue weighted by molar-refractivity contribution is 5.98. The molecular weight excluding hydrogens is 164 g/mol. The Hall–Kier alpha value is -1.51. The average molecular weight is 178 g/mol. The minimum atomic E-state index is -0.385. The van der Waals surface area contributed by atoms with Gasteiger partial charge in [-0.1, -0.05) is 6.07 Å². The van der Waals surface area contributed by atoms with Gasteiger partial charge in [-0.3, -0.25) is 4.79 Å². The molecule has 0 aliphatic heterocycles. The molecule has 0 aliphatic rings. The van der Waals surface area contributed by atoms with Crippen molar-refractivity contribution in [1.82, 2.24) is 0 Å². The number of anilines is 1. The molecule has 0 aromatic heterocycles. The van der Waals surface area contributed by atoms with E-state index in [1.165, 1.54) is 0 Å². The van der Waals surface area contributed by atoms with E-state index in [0.29, 0.717) is 5.56 Å². The van der Waals surface area contributed by atoms with Crippen LogP contribution >= 0.6 is 0 Å². The number of benzene rings is 1. The molecule has 0 saturated heterocycles. The predicted octanol–water partition coefficient (Wildman–Crippen LogP) is 1.16. The van der Waals surface area contributed by atoms with Gasteiger partial charge in [0.05, 0.1) is 5.56 Å². The fraction of sp³-hybridized carbons (Fsp3) is 0.300. The molecule has 1 aromatic rings. The number of carbonyl (C=O) groups is 1. The molecule has 0 fully saturated rings. The van der Waals surface area contributed by atoms with Gasteiger partial charge in [-0.2, -0.15) is 0 Å². The zero-order chi connectivity index (χ0) is 10.0. The van der Waals surface area contributed by atoms with Crippen molar-refractivity contribution >= 4 is 11.6 Å². The topological polar surface area (TPSA) is 46.3 Å². The molecule has 0 saturated carbocycles. The van der Waals surface area contributed by atoms with Gasteiger partial charge in [-0.25, -0.2) is 0 Å². The van der Waals surface area contributed by atoms with Gasteiger partial charge in [0.25, 0.3) is 5.91 Å². The van der Waals surface area contributed by atoms with Crippen molar-refractivity contribution in [3.63, 3.8) is 0 Å². The minimum absolute atomic E-state index is 0.385. The molecule has 0 heterocycles. The minimum Gasteiger partial charge on any atom is -0.377 e. The second-order valence-corrected chi connectivity index (χ2v) is 3.28. The number of nitrogens with zero attached hydrogens (tertiary/aromatic N) is 1. The summed E-state index contributed by atoms with van der Waals surface area (Å²) < 4.78 is 0. The van der Waals surface area contributed by atoms with Gasteiger partial charge in [0.2, 0.25) is 0 Å². The monoisotopic (exact) mass is 178 g/mol. The standard InChI is InChI=1S/C10H14N2O/c1-7-4-5-8(10(11)13)9(6-7)12(2)3/h4-6H,1-3H3,(H2,11,13). The van der Waals surface area contributed by atoms with Crippen molar-refractivity contribution in [3.8, 4) is 0 Å². The molecule has 0 aliphatic carbocycles. The summed E-state index contributed by atoms with van der Waals surface area (Å²) in [5, 5.41) is 0. The largest absolute Gasteiger partial charge is 0.377 e. The van der Waals surface area contributed by atoms with Gasteiger partial charge in [0.1, 0.15) is 0 Å². The van der Waals surface area contributed by atoms with Crippen LogP contribution in [-0.4, -0.2) is 20.0 Å². The number of hydrogen-bond donors (Lipinski definition) is 1. The SMILES string of the molecule is Cc1ccc(C(N)=O)c(N(C)C)c1. The Morgan fingerprint density at radius 1 is 1.38 bits per heavy atom. The lowest BCUT2D eigenvalue weighted by atomic mass is 10.1. The molecule has 0 unspecified atom stereocenters. The van der Waals surface area contributed by atoms with Crippen molar-refractivity contribution in [2.24, 2.45) is 5.73 Å². The van der Waals surface area contributed by atoms with Crippen LogP contribution in [0.5, 0.6) is 0 Å². The third-order valence-corrected chi connectivity index (χ3v) is 1.90. The van der Waals surface area contributed by atoms with Crippen LogP contribution in [-0.2, 0) is 0 Å². The zero-order valence-electron chi connectivity index (χ0n) is 8.16. The number of amides is 1. The smallest absolute Gasteiger partial charge is 0.250 e. The van der Waals surface area contributed by atoms with Crippen molar-refractivity contribution in [3.05, 3.63) is 29.3 Å². The maximum atomic E-state index is 11.0. The van der Waals surface area contributed by atoms with Gasteiger partial charge in [0, 0.05) is 19.8 Å². The lowest BCUT2D eigenvalue weighted by molar-refractivity contribution is 0.100. The Kier molecular flexibility index (Phi) is 2.56. The third kappa shape index (κ3) is 1.99. The van der Waals surface area contributed by atoms with E-state index in [-0.39, 0.29) is 5.91 Å². The van der Waals surface area contributed by atoms with Gasteiger partial charge < -0.3 is 10.6 Å². The summed E-state index contributed by atoms with van der Waals surface area (Å²) in [4.78, 5) is 12.9. The van der Waals surface area contributed by atoms with E-state index in [1.807, 2.05) is 38.1 Å². The molecule has 0 spiro atoms. The van der Waals surface area contributed by atoms with E-state index in [9.17, 15) is 4.79 Å². The maximum absolute atomic E-state index is 11.0. The highest BCUT2D eigenvalue weighted by Crippen LogP contribution is 2.19. The predicted molar refractivity (Wildman–Crippen MR) is 54.0 cm³/mol. The van der Waals surface area contributed by atoms with Crippen molar-refractivity contribution < 1.29 is 4.79 Å². The zero-order valence-corrected chi connectivity index (χ0v) is 8.16. The number of primary amides is 1. The van der Waals surface area contributed by atoms with Crippen LogP contribution in [0.3, 0.4) is 0 Å². The molecule has 2 N–H and O–H groups in total. The summed E-state index contributed by atoms with van der Waals surface area (Å²) in [6, 6.07) is 5.58. The molecule has 0 atom stereocenters. The van der Waals surface area contributed by atoms with E-state index in [4.69, 9.17) is 5.73 Å². The molecule has 1 rings (SSSR count). The van der Waals surface area contributed by atoms with Crippen LogP contribution in [0.4, 0.5) is 5.69 Å². The molecule has 70 valence electrons. The van der Waals surface area contributed by atoms with Crippen LogP contribution in [0.25, 0.3) is 0 Å². The average Bonchev–Trinajstić information content (AvgIpc) is 2.03. The highest BCUT2D eigenvalue weighted by Gasteiger charge is 2.08. The quantitative estimate of drug-likeness (QED) is 0.738. The second kappa shape index (κ2) is 3.47. The Morgan fingerprint density at radius 2 is 2.00 bits per heavy atom. The normalized spacial score (nSPS) is 9.77. The van der Waals surface area contributed by atoms with E-state index in [1.54, 1.807) is 6.07 Å². The lowest BCUT2D eigenvalue weighted by Gasteiger charge is -2.16. The van der Waals surface area contributed by atoms with E-state index >= 15 is 0 Å². The Balaban J connectivity index is 3.26. The van der Waals surface area contributed by atoms with E-state index < -0.39 is 0 Å². The molecule has 3 nitrogen and oxygen atoms in total. The van der Waals surface area contributed by atoms with E-state index in [2.05, 4.69) is 0 Å². The van der Waals surface area contributed by atoms with Crippen LogP contribution in [0.15, 0.2) is 18.2 Å². The van der Waals surface area contributed by atoms with Crippen molar-refractivity contribution in [1.29, 1.82) is 0 Å². The summed E-state index contributed by atoms with van der Waals surface area (Å²) in [7, 11) is 3.78. The fourth-order valence-corrected chi connectivity index (χ4v) is 1.22. The number of aryl methyl sites for hydroxylation is 1. The Bertz CT molecular complexity index is 332. The van der Waals surface area contributed by atoms with Crippen LogP contribution < -0.4 is 10.6 Å². The first-order chi connectivity index (χ1) is 6.02. The first-order valence-corrected chi connectivity index (χ1v) is 4.10. The summed E-state index contributed by atoms with van der Waals surface area (Å²) in [6.07, 6.45) is 0. The number of nitrogens with two attached hydrogens (primary N) is 1.